The molecule has 0 aromatic heterocycles. The molecule has 0 bridgehead atoms. The lowest BCUT2D eigenvalue weighted by molar-refractivity contribution is -0.0587. The molecule has 0 aromatic rings. The van der Waals surface area contributed by atoms with Crippen LogP contribution in [0.15, 0.2) is 0 Å². The standard InChI is InChI=1S/C11H23NO2/c1-3-13-6-7-14-11(9-12)5-4-10(2)8-11/h10H,3-9,12H2,1-2H3. The number of nitrogens with two attached hydrogens (primary N) is 1. The molecule has 3 heteroatoms. The van der Waals surface area contributed by atoms with Gasteiger partial charge in [-0.25, -0.2) is 0 Å². The van der Waals surface area contributed by atoms with Crippen LogP contribution in [0.2, 0.25) is 0 Å². The Labute approximate surface area is 86.9 Å². The third-order valence-corrected chi connectivity index (χ3v) is 3.03. The Hall–Kier alpha value is -0.120. The number of hydrogen-bond donors (Lipinski definition) is 1. The average molecular weight is 201 g/mol. The van der Waals surface area contributed by atoms with E-state index >= 15 is 0 Å². The molecule has 1 aliphatic carbocycles. The number of hydrogen-bond acceptors (Lipinski definition) is 3. The Kier molecular flexibility index (Phi) is 4.85. The predicted octanol–water partition coefficient (Wildman–Crippen LogP) is 1.56. The van der Waals surface area contributed by atoms with Crippen LogP contribution in [0.1, 0.15) is 33.1 Å². The van der Waals surface area contributed by atoms with Crippen molar-refractivity contribution in [2.75, 3.05) is 26.4 Å². The molecule has 0 radical (unpaired) electrons. The normalized spacial score (nSPS) is 32.4. The van der Waals surface area contributed by atoms with E-state index in [9.17, 15) is 0 Å². The first-order chi connectivity index (χ1) is 6.72. The van der Waals surface area contributed by atoms with Gasteiger partial charge in [0.25, 0.3) is 0 Å². The summed E-state index contributed by atoms with van der Waals surface area (Å²) >= 11 is 0. The summed E-state index contributed by atoms with van der Waals surface area (Å²) in [4.78, 5) is 0. The van der Waals surface area contributed by atoms with Crippen LogP contribution < -0.4 is 5.73 Å². The summed E-state index contributed by atoms with van der Waals surface area (Å²) in [6.07, 6.45) is 3.46. The average Bonchev–Trinajstić information content (AvgIpc) is 2.56. The highest BCUT2D eigenvalue weighted by atomic mass is 16.5. The monoisotopic (exact) mass is 201 g/mol. The van der Waals surface area contributed by atoms with Crippen LogP contribution in [0, 0.1) is 5.92 Å². The largest absolute Gasteiger partial charge is 0.379 e. The van der Waals surface area contributed by atoms with Crippen molar-refractivity contribution in [2.45, 2.75) is 38.7 Å². The maximum Gasteiger partial charge on any atom is 0.0807 e. The minimum Gasteiger partial charge on any atom is -0.379 e. The quantitative estimate of drug-likeness (QED) is 0.663. The molecule has 3 nitrogen and oxygen atoms in total. The highest BCUT2D eigenvalue weighted by Gasteiger charge is 2.36. The van der Waals surface area contributed by atoms with Crippen molar-refractivity contribution in [2.24, 2.45) is 11.7 Å². The van der Waals surface area contributed by atoms with Gasteiger partial charge in [-0.15, -0.1) is 0 Å². The molecule has 2 atom stereocenters. The lowest BCUT2D eigenvalue weighted by Crippen LogP contribution is -2.39. The first-order valence-electron chi connectivity index (χ1n) is 5.64. The first-order valence-corrected chi connectivity index (χ1v) is 5.64. The van der Waals surface area contributed by atoms with Crippen LogP contribution in [-0.2, 0) is 9.47 Å². The number of ether oxygens (including phenoxy) is 2. The van der Waals surface area contributed by atoms with Crippen molar-refractivity contribution >= 4 is 0 Å². The molecule has 0 spiro atoms. The molecule has 0 amide bonds. The molecule has 0 saturated heterocycles. The van der Waals surface area contributed by atoms with Crippen molar-refractivity contribution in [3.63, 3.8) is 0 Å². The van der Waals surface area contributed by atoms with Gasteiger partial charge in [-0.2, -0.15) is 0 Å². The van der Waals surface area contributed by atoms with Gasteiger partial charge in [-0.3, -0.25) is 0 Å². The van der Waals surface area contributed by atoms with Gasteiger partial charge in [0.1, 0.15) is 0 Å². The smallest absolute Gasteiger partial charge is 0.0807 e. The van der Waals surface area contributed by atoms with Gasteiger partial charge in [0.2, 0.25) is 0 Å². The maximum atomic E-state index is 5.86. The second kappa shape index (κ2) is 5.69. The van der Waals surface area contributed by atoms with E-state index in [1.807, 2.05) is 6.92 Å². The van der Waals surface area contributed by atoms with E-state index < -0.39 is 0 Å². The third kappa shape index (κ3) is 3.23. The molecule has 0 heterocycles. The summed E-state index contributed by atoms with van der Waals surface area (Å²) in [5.41, 5.74) is 5.73. The van der Waals surface area contributed by atoms with Crippen LogP contribution in [0.25, 0.3) is 0 Å². The van der Waals surface area contributed by atoms with Crippen molar-refractivity contribution in [3.05, 3.63) is 0 Å². The lowest BCUT2D eigenvalue weighted by atomic mass is 10.0. The summed E-state index contributed by atoms with van der Waals surface area (Å²) in [6, 6.07) is 0. The maximum absolute atomic E-state index is 5.86. The zero-order valence-corrected chi connectivity index (χ0v) is 9.42. The van der Waals surface area contributed by atoms with Gasteiger partial charge in [0, 0.05) is 13.2 Å². The SMILES string of the molecule is CCOCCOC1(CN)CCC(C)C1. The van der Waals surface area contributed by atoms with Crippen molar-refractivity contribution < 1.29 is 9.47 Å². The van der Waals surface area contributed by atoms with E-state index in [-0.39, 0.29) is 5.60 Å². The van der Waals surface area contributed by atoms with Gasteiger partial charge in [-0.05, 0) is 32.1 Å². The van der Waals surface area contributed by atoms with E-state index in [0.717, 1.165) is 25.4 Å². The van der Waals surface area contributed by atoms with Crippen LogP contribution in [0.5, 0.6) is 0 Å². The molecule has 0 aromatic carbocycles. The predicted molar refractivity (Wildman–Crippen MR) is 57.2 cm³/mol. The number of rotatable bonds is 6. The van der Waals surface area contributed by atoms with Gasteiger partial charge in [0.15, 0.2) is 0 Å². The van der Waals surface area contributed by atoms with E-state index in [4.69, 9.17) is 15.2 Å². The third-order valence-electron chi connectivity index (χ3n) is 3.03. The van der Waals surface area contributed by atoms with E-state index in [1.165, 1.54) is 6.42 Å². The van der Waals surface area contributed by atoms with E-state index in [2.05, 4.69) is 6.92 Å². The highest BCUT2D eigenvalue weighted by molar-refractivity contribution is 4.90. The summed E-state index contributed by atoms with van der Waals surface area (Å²) in [7, 11) is 0. The molecule has 1 fully saturated rings. The van der Waals surface area contributed by atoms with Crippen LogP contribution in [0.4, 0.5) is 0 Å². The second-order valence-corrected chi connectivity index (χ2v) is 4.28. The summed E-state index contributed by atoms with van der Waals surface area (Å²) < 4.78 is 11.1. The Bertz CT molecular complexity index is 163. The molecule has 1 saturated carbocycles. The summed E-state index contributed by atoms with van der Waals surface area (Å²) in [6.45, 7) is 7.03. The zero-order chi connectivity index (χ0) is 10.4. The second-order valence-electron chi connectivity index (χ2n) is 4.28. The minimum absolute atomic E-state index is 0.0451. The van der Waals surface area contributed by atoms with Gasteiger partial charge in [-0.1, -0.05) is 6.92 Å². The van der Waals surface area contributed by atoms with Crippen molar-refractivity contribution in [3.8, 4) is 0 Å². The molecular weight excluding hydrogens is 178 g/mol. The Morgan fingerprint density at radius 2 is 2.21 bits per heavy atom. The fourth-order valence-electron chi connectivity index (χ4n) is 2.19. The summed E-state index contributed by atoms with van der Waals surface area (Å²) in [5, 5.41) is 0. The van der Waals surface area contributed by atoms with E-state index in [0.29, 0.717) is 19.8 Å². The minimum atomic E-state index is -0.0451. The molecule has 84 valence electrons. The molecule has 1 rings (SSSR count). The van der Waals surface area contributed by atoms with Crippen LogP contribution >= 0.6 is 0 Å². The van der Waals surface area contributed by atoms with Crippen LogP contribution in [-0.4, -0.2) is 32.0 Å². The zero-order valence-electron chi connectivity index (χ0n) is 9.42. The fourth-order valence-corrected chi connectivity index (χ4v) is 2.19. The fraction of sp³-hybridized carbons (Fsp3) is 1.00. The molecule has 2 unspecified atom stereocenters. The molecule has 14 heavy (non-hydrogen) atoms. The van der Waals surface area contributed by atoms with Gasteiger partial charge < -0.3 is 15.2 Å². The Morgan fingerprint density at radius 1 is 1.43 bits per heavy atom. The molecule has 1 aliphatic rings. The topological polar surface area (TPSA) is 44.5 Å². The highest BCUT2D eigenvalue weighted by Crippen LogP contribution is 2.36. The van der Waals surface area contributed by atoms with Crippen LogP contribution in [0.3, 0.4) is 0 Å². The van der Waals surface area contributed by atoms with Gasteiger partial charge >= 0.3 is 0 Å². The molecule has 0 aliphatic heterocycles. The van der Waals surface area contributed by atoms with Gasteiger partial charge in [0.05, 0.1) is 18.8 Å². The first kappa shape index (κ1) is 12.0. The molecular formula is C11H23NO2. The van der Waals surface area contributed by atoms with E-state index in [1.54, 1.807) is 0 Å². The summed E-state index contributed by atoms with van der Waals surface area (Å²) in [5.74, 6) is 0.755. The molecule has 2 N–H and O–H groups in total. The van der Waals surface area contributed by atoms with Crippen molar-refractivity contribution in [1.82, 2.24) is 0 Å². The Morgan fingerprint density at radius 3 is 2.71 bits per heavy atom. The lowest BCUT2D eigenvalue weighted by Gasteiger charge is -2.28. The Balaban J connectivity index is 2.24. The van der Waals surface area contributed by atoms with Crippen molar-refractivity contribution in [1.29, 1.82) is 0 Å².